The lowest BCUT2D eigenvalue weighted by atomic mass is 10.1. The molecule has 1 fully saturated rings. The van der Waals surface area contributed by atoms with Crippen LogP contribution in [0.5, 0.6) is 0 Å². The van der Waals surface area contributed by atoms with Gasteiger partial charge < -0.3 is 14.3 Å². The fourth-order valence-corrected chi connectivity index (χ4v) is 5.49. The lowest BCUT2D eigenvalue weighted by Crippen LogP contribution is -2.50. The Labute approximate surface area is 207 Å². The second-order valence-electron chi connectivity index (χ2n) is 9.14. The third-order valence-electron chi connectivity index (χ3n) is 6.32. The SMILES string of the molecule is Cc1cccc(CN2CCN(C(=O)CN(C)Cc3nc4scc(-c5ccco5)c4c(=O)[nH]3)CC2)c1. The summed E-state index contributed by atoms with van der Waals surface area (Å²) >= 11 is 1.42. The van der Waals surface area contributed by atoms with Crippen LogP contribution in [0, 0.1) is 6.92 Å². The molecule has 4 aromatic rings. The number of aryl methyl sites for hydroxylation is 1. The van der Waals surface area contributed by atoms with Gasteiger partial charge in [-0.3, -0.25) is 19.4 Å². The van der Waals surface area contributed by atoms with Gasteiger partial charge in [-0.1, -0.05) is 29.8 Å². The molecule has 0 unspecified atom stereocenters. The summed E-state index contributed by atoms with van der Waals surface area (Å²) in [6.07, 6.45) is 1.59. The van der Waals surface area contributed by atoms with Crippen molar-refractivity contribution in [2.24, 2.45) is 0 Å². The number of benzene rings is 1. The normalized spacial score (nSPS) is 14.8. The van der Waals surface area contributed by atoms with Crippen LogP contribution < -0.4 is 5.56 Å². The molecule has 0 saturated carbocycles. The van der Waals surface area contributed by atoms with Gasteiger partial charge in [-0.2, -0.15) is 0 Å². The fourth-order valence-electron chi connectivity index (χ4n) is 4.55. The number of nitrogens with zero attached hydrogens (tertiary/aromatic N) is 4. The number of aromatic nitrogens is 2. The van der Waals surface area contributed by atoms with E-state index in [0.717, 1.165) is 38.3 Å². The Hall–Kier alpha value is -3.27. The summed E-state index contributed by atoms with van der Waals surface area (Å²) in [6.45, 7) is 6.87. The zero-order valence-corrected chi connectivity index (χ0v) is 20.8. The van der Waals surface area contributed by atoms with Gasteiger partial charge in [-0.15, -0.1) is 11.3 Å². The van der Waals surface area contributed by atoms with E-state index in [-0.39, 0.29) is 18.0 Å². The van der Waals surface area contributed by atoms with E-state index in [1.54, 1.807) is 12.3 Å². The van der Waals surface area contributed by atoms with Crippen molar-refractivity contribution < 1.29 is 9.21 Å². The van der Waals surface area contributed by atoms with Gasteiger partial charge in [0.1, 0.15) is 16.4 Å². The fraction of sp³-hybridized carbons (Fsp3) is 0.346. The summed E-state index contributed by atoms with van der Waals surface area (Å²) in [4.78, 5) is 40.1. The number of carbonyl (C=O) groups is 1. The summed E-state index contributed by atoms with van der Waals surface area (Å²) in [5.74, 6) is 1.30. The van der Waals surface area contributed by atoms with Crippen LogP contribution in [0.25, 0.3) is 21.5 Å². The van der Waals surface area contributed by atoms with Crippen LogP contribution in [0.4, 0.5) is 0 Å². The Morgan fingerprint density at radius 2 is 2.03 bits per heavy atom. The van der Waals surface area contributed by atoms with Crippen molar-refractivity contribution >= 4 is 27.5 Å². The molecule has 0 atom stereocenters. The van der Waals surface area contributed by atoms with Gasteiger partial charge >= 0.3 is 0 Å². The van der Waals surface area contributed by atoms with Crippen molar-refractivity contribution in [2.75, 3.05) is 39.8 Å². The van der Waals surface area contributed by atoms with Crippen molar-refractivity contribution in [1.82, 2.24) is 24.7 Å². The van der Waals surface area contributed by atoms with E-state index in [1.807, 2.05) is 28.3 Å². The highest BCUT2D eigenvalue weighted by Gasteiger charge is 2.22. The number of H-pyrrole nitrogens is 1. The summed E-state index contributed by atoms with van der Waals surface area (Å²) < 4.78 is 5.45. The zero-order valence-electron chi connectivity index (χ0n) is 20.0. The van der Waals surface area contributed by atoms with Gasteiger partial charge in [0.15, 0.2) is 0 Å². The molecule has 1 aliphatic heterocycles. The number of likely N-dealkylation sites (N-methyl/N-ethyl adjacent to an activating group) is 1. The number of amides is 1. The van der Waals surface area contributed by atoms with Crippen molar-refractivity contribution in [3.8, 4) is 11.3 Å². The number of furan rings is 1. The molecule has 1 aliphatic rings. The molecular weight excluding hydrogens is 462 g/mol. The molecule has 4 heterocycles. The molecule has 8 nitrogen and oxygen atoms in total. The van der Waals surface area contributed by atoms with Gasteiger partial charge in [-0.25, -0.2) is 4.98 Å². The van der Waals surface area contributed by atoms with Gasteiger partial charge in [0.2, 0.25) is 5.91 Å². The van der Waals surface area contributed by atoms with Crippen molar-refractivity contribution in [3.05, 3.63) is 75.3 Å². The summed E-state index contributed by atoms with van der Waals surface area (Å²) in [5, 5.41) is 2.43. The maximum Gasteiger partial charge on any atom is 0.260 e. The Morgan fingerprint density at radius 3 is 2.77 bits per heavy atom. The number of rotatable bonds is 7. The quantitative estimate of drug-likeness (QED) is 0.427. The van der Waals surface area contributed by atoms with Crippen molar-refractivity contribution in [2.45, 2.75) is 20.0 Å². The minimum absolute atomic E-state index is 0.0994. The van der Waals surface area contributed by atoms with Gasteiger partial charge in [0.05, 0.1) is 24.7 Å². The minimum atomic E-state index is -0.192. The summed E-state index contributed by atoms with van der Waals surface area (Å²) in [7, 11) is 1.87. The number of nitrogens with one attached hydrogen (secondary N) is 1. The van der Waals surface area contributed by atoms with E-state index in [4.69, 9.17) is 4.42 Å². The van der Waals surface area contributed by atoms with E-state index in [2.05, 4.69) is 46.1 Å². The van der Waals surface area contributed by atoms with Crippen LogP contribution in [0.15, 0.2) is 57.3 Å². The molecule has 1 aromatic carbocycles. The molecule has 0 spiro atoms. The number of thiophene rings is 1. The highest BCUT2D eigenvalue weighted by atomic mass is 32.1. The predicted octanol–water partition coefficient (Wildman–Crippen LogP) is 3.33. The maximum absolute atomic E-state index is 12.9. The molecule has 9 heteroatoms. The first kappa shape index (κ1) is 23.5. The topological polar surface area (TPSA) is 85.7 Å². The minimum Gasteiger partial charge on any atom is -0.464 e. The lowest BCUT2D eigenvalue weighted by molar-refractivity contribution is -0.134. The Kier molecular flexibility index (Phi) is 6.81. The third-order valence-corrected chi connectivity index (χ3v) is 7.19. The summed E-state index contributed by atoms with van der Waals surface area (Å²) in [5.41, 5.74) is 3.14. The lowest BCUT2D eigenvalue weighted by Gasteiger charge is -2.35. The molecule has 1 saturated heterocycles. The number of piperazine rings is 1. The second-order valence-corrected chi connectivity index (χ2v) is 10.00. The van der Waals surface area contributed by atoms with Crippen LogP contribution in [0.2, 0.25) is 0 Å². The predicted molar refractivity (Wildman–Crippen MR) is 137 cm³/mol. The molecular formula is C26H29N5O3S. The monoisotopic (exact) mass is 491 g/mol. The van der Waals surface area contributed by atoms with Gasteiger partial charge in [0, 0.05) is 43.7 Å². The first-order valence-electron chi connectivity index (χ1n) is 11.7. The number of aromatic amines is 1. The standard InChI is InChI=1S/C26H29N5O3S/c1-18-5-3-6-19(13-18)14-30-8-10-31(11-9-30)23(32)16-29(2)15-22-27-25(33)24-20(17-35-26(24)28-22)21-7-4-12-34-21/h3-7,12-13,17H,8-11,14-16H2,1-2H3,(H,27,28,33). The van der Waals surface area contributed by atoms with Crippen LogP contribution in [0.3, 0.4) is 0 Å². The van der Waals surface area contributed by atoms with E-state index in [0.29, 0.717) is 28.3 Å². The van der Waals surface area contributed by atoms with Gasteiger partial charge in [0.25, 0.3) is 5.56 Å². The van der Waals surface area contributed by atoms with Gasteiger partial charge in [-0.05, 0) is 31.7 Å². The van der Waals surface area contributed by atoms with Crippen molar-refractivity contribution in [1.29, 1.82) is 0 Å². The molecule has 1 N–H and O–H groups in total. The number of hydrogen-bond acceptors (Lipinski definition) is 7. The second kappa shape index (κ2) is 10.2. The van der Waals surface area contributed by atoms with Crippen LogP contribution in [-0.4, -0.2) is 70.3 Å². The molecule has 0 bridgehead atoms. The number of carbonyl (C=O) groups excluding carboxylic acids is 1. The van der Waals surface area contributed by atoms with Crippen LogP contribution in [-0.2, 0) is 17.9 Å². The number of fused-ring (bicyclic) bond motifs is 1. The largest absolute Gasteiger partial charge is 0.464 e. The average Bonchev–Trinajstić information content (AvgIpc) is 3.49. The highest BCUT2D eigenvalue weighted by Crippen LogP contribution is 2.30. The molecule has 182 valence electrons. The number of hydrogen-bond donors (Lipinski definition) is 1. The molecule has 5 rings (SSSR count). The average molecular weight is 492 g/mol. The Balaban J connectivity index is 1.16. The first-order valence-corrected chi connectivity index (χ1v) is 12.6. The molecule has 35 heavy (non-hydrogen) atoms. The molecule has 3 aromatic heterocycles. The van der Waals surface area contributed by atoms with Crippen molar-refractivity contribution in [3.63, 3.8) is 0 Å². The molecule has 0 aliphatic carbocycles. The van der Waals surface area contributed by atoms with E-state index < -0.39 is 0 Å². The Morgan fingerprint density at radius 1 is 1.20 bits per heavy atom. The van der Waals surface area contributed by atoms with Crippen LogP contribution in [0.1, 0.15) is 17.0 Å². The van der Waals surface area contributed by atoms with E-state index in [9.17, 15) is 9.59 Å². The van der Waals surface area contributed by atoms with Crippen LogP contribution >= 0.6 is 11.3 Å². The highest BCUT2D eigenvalue weighted by molar-refractivity contribution is 7.17. The van der Waals surface area contributed by atoms with E-state index in [1.165, 1.54) is 22.5 Å². The summed E-state index contributed by atoms with van der Waals surface area (Å²) in [6, 6.07) is 12.2. The van der Waals surface area contributed by atoms with E-state index >= 15 is 0 Å². The Bertz CT molecular complexity index is 1370. The molecule has 1 amide bonds. The maximum atomic E-state index is 12.9. The third kappa shape index (κ3) is 5.37. The molecule has 0 radical (unpaired) electrons. The first-order chi connectivity index (χ1) is 17.0. The zero-order chi connectivity index (χ0) is 24.4. The smallest absolute Gasteiger partial charge is 0.260 e.